The van der Waals surface area contributed by atoms with E-state index in [0.717, 1.165) is 0 Å². The lowest BCUT2D eigenvalue weighted by Gasteiger charge is -2.07. The number of anilines is 2. The second-order valence-electron chi connectivity index (χ2n) is 4.92. The highest BCUT2D eigenvalue weighted by Crippen LogP contribution is 2.21. The van der Waals surface area contributed by atoms with Gasteiger partial charge in [-0.05, 0) is 36.4 Å². The molecule has 3 rings (SSSR count). The fourth-order valence-corrected chi connectivity index (χ4v) is 2.21. The van der Waals surface area contributed by atoms with E-state index in [1.807, 2.05) is 0 Å². The van der Waals surface area contributed by atoms with E-state index in [0.29, 0.717) is 22.0 Å². The van der Waals surface area contributed by atoms with Gasteiger partial charge in [-0.1, -0.05) is 11.6 Å². The van der Waals surface area contributed by atoms with Gasteiger partial charge in [0.15, 0.2) is 0 Å². The van der Waals surface area contributed by atoms with E-state index in [1.165, 1.54) is 18.2 Å². The predicted molar refractivity (Wildman–Crippen MR) is 91.7 cm³/mol. The molecule has 0 aliphatic heterocycles. The number of nitrogens with one attached hydrogen (secondary N) is 2. The van der Waals surface area contributed by atoms with Gasteiger partial charge in [-0.15, -0.1) is 0 Å². The van der Waals surface area contributed by atoms with Crippen molar-refractivity contribution in [2.45, 2.75) is 0 Å². The van der Waals surface area contributed by atoms with Gasteiger partial charge in [0.05, 0.1) is 10.6 Å². The first-order valence-electron chi connectivity index (χ1n) is 6.90. The third-order valence-corrected chi connectivity index (χ3v) is 3.47. The largest absolute Gasteiger partial charge is 0.326 e. The van der Waals surface area contributed by atoms with E-state index in [-0.39, 0.29) is 17.2 Å². The molecule has 0 atom stereocenters. The molecule has 1 aromatic heterocycles. The highest BCUT2D eigenvalue weighted by atomic mass is 35.5. The molecule has 120 valence electrons. The molecule has 0 saturated carbocycles. The van der Waals surface area contributed by atoms with Crippen molar-refractivity contribution in [2.24, 2.45) is 0 Å². The second-order valence-corrected chi connectivity index (χ2v) is 5.35. The Kier molecular flexibility index (Phi) is 4.26. The zero-order valence-electron chi connectivity index (χ0n) is 12.2. The number of aromatic amines is 1. The first kappa shape index (κ1) is 15.7. The number of nitro groups is 1. The monoisotopic (exact) mass is 342 g/mol. The summed E-state index contributed by atoms with van der Waals surface area (Å²) < 4.78 is 0. The molecule has 0 aliphatic rings. The Balaban J connectivity index is 1.92. The molecule has 0 amide bonds. The second kappa shape index (κ2) is 6.51. The van der Waals surface area contributed by atoms with Gasteiger partial charge in [0.2, 0.25) is 5.95 Å². The molecule has 0 fully saturated rings. The summed E-state index contributed by atoms with van der Waals surface area (Å²) in [7, 11) is 0. The number of H-pyrrole nitrogens is 1. The van der Waals surface area contributed by atoms with E-state index in [4.69, 9.17) is 11.6 Å². The molecule has 1 heterocycles. The minimum Gasteiger partial charge on any atom is -0.326 e. The third kappa shape index (κ3) is 3.58. The van der Waals surface area contributed by atoms with Crippen molar-refractivity contribution in [3.05, 3.63) is 80.1 Å². The Bertz CT molecular complexity index is 937. The Morgan fingerprint density at radius 2 is 1.75 bits per heavy atom. The smallest absolute Gasteiger partial charge is 0.269 e. The average Bonchev–Trinajstić information content (AvgIpc) is 2.56. The van der Waals surface area contributed by atoms with Crippen LogP contribution in [0.2, 0.25) is 5.02 Å². The molecule has 2 N–H and O–H groups in total. The molecule has 2 aromatic carbocycles. The first-order chi connectivity index (χ1) is 11.5. The van der Waals surface area contributed by atoms with Gasteiger partial charge in [0.25, 0.3) is 11.2 Å². The molecule has 0 spiro atoms. The standard InChI is InChI=1S/C16H11ClN4O3/c17-11-3-5-12(6-4-11)18-16-19-14(9-15(22)20-16)10-1-7-13(8-2-10)21(23)24/h1-9H,(H2,18,19,20,22). The predicted octanol–water partition coefficient (Wildman–Crippen LogP) is 3.74. The minimum absolute atomic E-state index is 0.0249. The number of benzene rings is 2. The number of halogens is 1. The van der Waals surface area contributed by atoms with Crippen LogP contribution in [0, 0.1) is 10.1 Å². The van der Waals surface area contributed by atoms with E-state index < -0.39 is 4.92 Å². The van der Waals surface area contributed by atoms with Crippen LogP contribution in [0.15, 0.2) is 59.4 Å². The number of aromatic nitrogens is 2. The van der Waals surface area contributed by atoms with Crippen LogP contribution < -0.4 is 10.9 Å². The number of rotatable bonds is 4. The lowest BCUT2D eigenvalue weighted by molar-refractivity contribution is -0.384. The van der Waals surface area contributed by atoms with Gasteiger partial charge in [-0.3, -0.25) is 19.9 Å². The maximum atomic E-state index is 11.8. The zero-order valence-corrected chi connectivity index (χ0v) is 12.9. The van der Waals surface area contributed by atoms with E-state index in [2.05, 4.69) is 15.3 Å². The SMILES string of the molecule is O=c1cc(-c2ccc([N+](=O)[O-])cc2)nc(Nc2ccc(Cl)cc2)[nH]1. The summed E-state index contributed by atoms with van der Waals surface area (Å²) in [5, 5.41) is 14.3. The maximum Gasteiger partial charge on any atom is 0.269 e. The molecule has 3 aromatic rings. The minimum atomic E-state index is -0.484. The van der Waals surface area contributed by atoms with E-state index in [1.54, 1.807) is 36.4 Å². The maximum absolute atomic E-state index is 11.8. The molecule has 0 aliphatic carbocycles. The van der Waals surface area contributed by atoms with Gasteiger partial charge in [0, 0.05) is 34.5 Å². The number of hydrogen-bond donors (Lipinski definition) is 2. The summed E-state index contributed by atoms with van der Waals surface area (Å²) in [5.41, 5.74) is 1.36. The van der Waals surface area contributed by atoms with Crippen LogP contribution in [0.4, 0.5) is 17.3 Å². The van der Waals surface area contributed by atoms with Crippen molar-refractivity contribution in [1.82, 2.24) is 9.97 Å². The summed E-state index contributed by atoms with van der Waals surface area (Å²) in [6.07, 6.45) is 0. The van der Waals surface area contributed by atoms with Crippen LogP contribution in [-0.2, 0) is 0 Å². The summed E-state index contributed by atoms with van der Waals surface area (Å²) >= 11 is 5.83. The fourth-order valence-electron chi connectivity index (χ4n) is 2.09. The highest BCUT2D eigenvalue weighted by molar-refractivity contribution is 6.30. The number of hydrogen-bond acceptors (Lipinski definition) is 5. The molecule has 0 radical (unpaired) electrons. The van der Waals surface area contributed by atoms with Crippen molar-refractivity contribution >= 4 is 28.9 Å². The molecule has 7 nitrogen and oxygen atoms in total. The lowest BCUT2D eigenvalue weighted by atomic mass is 10.1. The van der Waals surface area contributed by atoms with E-state index >= 15 is 0 Å². The quantitative estimate of drug-likeness (QED) is 0.555. The molecule has 8 heteroatoms. The molecule has 0 bridgehead atoms. The Labute approximate surface area is 141 Å². The van der Waals surface area contributed by atoms with Crippen LogP contribution in [0.25, 0.3) is 11.3 Å². The van der Waals surface area contributed by atoms with Gasteiger partial charge in [-0.25, -0.2) is 4.98 Å². The Morgan fingerprint density at radius 1 is 1.08 bits per heavy atom. The van der Waals surface area contributed by atoms with Crippen molar-refractivity contribution in [1.29, 1.82) is 0 Å². The Morgan fingerprint density at radius 3 is 2.38 bits per heavy atom. The average molecular weight is 343 g/mol. The molecule has 0 saturated heterocycles. The van der Waals surface area contributed by atoms with Crippen molar-refractivity contribution < 1.29 is 4.92 Å². The summed E-state index contributed by atoms with van der Waals surface area (Å²) in [5.74, 6) is 0.262. The molecular formula is C16H11ClN4O3. The topological polar surface area (TPSA) is 101 Å². The van der Waals surface area contributed by atoms with Crippen LogP contribution in [0.1, 0.15) is 0 Å². The van der Waals surface area contributed by atoms with Gasteiger partial charge in [0.1, 0.15) is 0 Å². The van der Waals surface area contributed by atoms with Crippen molar-refractivity contribution in [3.8, 4) is 11.3 Å². The number of non-ortho nitro benzene ring substituents is 1. The Hall–Kier alpha value is -3.19. The lowest BCUT2D eigenvalue weighted by Crippen LogP contribution is -2.10. The summed E-state index contributed by atoms with van der Waals surface area (Å²) in [6.45, 7) is 0. The number of nitrogens with zero attached hydrogens (tertiary/aromatic N) is 2. The van der Waals surface area contributed by atoms with Crippen LogP contribution in [0.5, 0.6) is 0 Å². The normalized spacial score (nSPS) is 10.4. The molecular weight excluding hydrogens is 332 g/mol. The van der Waals surface area contributed by atoms with Gasteiger partial charge >= 0.3 is 0 Å². The van der Waals surface area contributed by atoms with Crippen LogP contribution >= 0.6 is 11.6 Å². The van der Waals surface area contributed by atoms with E-state index in [9.17, 15) is 14.9 Å². The van der Waals surface area contributed by atoms with Crippen molar-refractivity contribution in [2.75, 3.05) is 5.32 Å². The highest BCUT2D eigenvalue weighted by Gasteiger charge is 2.08. The number of nitro benzene ring substituents is 1. The summed E-state index contributed by atoms with van der Waals surface area (Å²) in [6, 6.07) is 14.1. The van der Waals surface area contributed by atoms with Gasteiger partial charge in [-0.2, -0.15) is 0 Å². The van der Waals surface area contributed by atoms with Gasteiger partial charge < -0.3 is 5.32 Å². The summed E-state index contributed by atoms with van der Waals surface area (Å²) in [4.78, 5) is 29.0. The fraction of sp³-hybridized carbons (Fsp3) is 0. The van der Waals surface area contributed by atoms with Crippen LogP contribution in [0.3, 0.4) is 0 Å². The zero-order chi connectivity index (χ0) is 17.1. The molecule has 24 heavy (non-hydrogen) atoms. The first-order valence-corrected chi connectivity index (χ1v) is 7.28. The molecule has 0 unspecified atom stereocenters. The third-order valence-electron chi connectivity index (χ3n) is 3.22. The van der Waals surface area contributed by atoms with Crippen molar-refractivity contribution in [3.63, 3.8) is 0 Å². The van der Waals surface area contributed by atoms with Crippen LogP contribution in [-0.4, -0.2) is 14.9 Å².